The van der Waals surface area contributed by atoms with Crippen LogP contribution >= 0.6 is 0 Å². The van der Waals surface area contributed by atoms with Crippen LogP contribution in [0.5, 0.6) is 0 Å². The normalized spacial score (nSPS) is 10.4. The van der Waals surface area contributed by atoms with E-state index >= 15 is 0 Å². The molecule has 5 nitrogen and oxygen atoms in total. The highest BCUT2D eigenvalue weighted by Gasteiger charge is 2.13. The van der Waals surface area contributed by atoms with Gasteiger partial charge in [-0.1, -0.05) is 41.6 Å². The molecule has 0 aliphatic heterocycles. The van der Waals surface area contributed by atoms with Gasteiger partial charge in [0.2, 0.25) is 0 Å². The van der Waals surface area contributed by atoms with Crippen LogP contribution in [0.25, 0.3) is 16.8 Å². The van der Waals surface area contributed by atoms with Crippen LogP contribution in [0.1, 0.15) is 17.3 Å². The molecule has 22 heavy (non-hydrogen) atoms. The first-order valence-electron chi connectivity index (χ1n) is 7.03. The summed E-state index contributed by atoms with van der Waals surface area (Å²) in [7, 11) is 0. The van der Waals surface area contributed by atoms with E-state index in [1.807, 2.05) is 36.4 Å². The Morgan fingerprint density at radius 1 is 1.18 bits per heavy atom. The number of carbonyl (C=O) groups excluding carboxylic acids is 1. The number of esters is 1. The lowest BCUT2D eigenvalue weighted by Crippen LogP contribution is -2.07. The van der Waals surface area contributed by atoms with Crippen molar-refractivity contribution in [3.8, 4) is 16.8 Å². The van der Waals surface area contributed by atoms with Crippen LogP contribution in [0.4, 0.5) is 0 Å². The molecule has 1 aromatic heterocycles. The number of benzene rings is 2. The maximum absolute atomic E-state index is 11.9. The zero-order valence-corrected chi connectivity index (χ0v) is 12.1. The lowest BCUT2D eigenvalue weighted by molar-refractivity contribution is 0.0526. The molecule has 5 heteroatoms. The second-order valence-electron chi connectivity index (χ2n) is 4.67. The molecule has 0 spiro atoms. The zero-order valence-electron chi connectivity index (χ0n) is 12.1. The molecule has 0 N–H and O–H groups in total. The summed E-state index contributed by atoms with van der Waals surface area (Å²) in [6, 6.07) is 15.4. The summed E-state index contributed by atoms with van der Waals surface area (Å²) in [6.07, 6.45) is 3.35. The first kappa shape index (κ1) is 14.0. The molecule has 3 rings (SSSR count). The number of aromatic nitrogens is 3. The fraction of sp³-hybridized carbons (Fsp3) is 0.118. The average Bonchev–Trinajstić information content (AvgIpc) is 3.10. The van der Waals surface area contributed by atoms with Crippen molar-refractivity contribution in [1.29, 1.82) is 0 Å². The molecule has 0 aliphatic carbocycles. The van der Waals surface area contributed by atoms with Gasteiger partial charge in [-0.05, 0) is 24.6 Å². The Balaban J connectivity index is 2.13. The van der Waals surface area contributed by atoms with Crippen LogP contribution in [0.2, 0.25) is 0 Å². The summed E-state index contributed by atoms with van der Waals surface area (Å²) in [5.74, 6) is -0.344. The third-order valence-electron chi connectivity index (χ3n) is 3.26. The van der Waals surface area contributed by atoms with Crippen LogP contribution in [0.15, 0.2) is 60.9 Å². The van der Waals surface area contributed by atoms with Gasteiger partial charge in [-0.25, -0.2) is 9.48 Å². The molecule has 110 valence electrons. The van der Waals surface area contributed by atoms with Crippen molar-refractivity contribution in [1.82, 2.24) is 15.0 Å². The summed E-state index contributed by atoms with van der Waals surface area (Å²) in [5.41, 5.74) is 3.30. The lowest BCUT2D eigenvalue weighted by atomic mass is 10.0. The Morgan fingerprint density at radius 2 is 2.00 bits per heavy atom. The van der Waals surface area contributed by atoms with E-state index < -0.39 is 0 Å². The molecule has 0 saturated carbocycles. The predicted octanol–water partition coefficient (Wildman–Crippen LogP) is 3.11. The summed E-state index contributed by atoms with van der Waals surface area (Å²) < 4.78 is 6.71. The van der Waals surface area contributed by atoms with Crippen LogP contribution in [0.3, 0.4) is 0 Å². The van der Waals surface area contributed by atoms with E-state index in [1.165, 1.54) is 0 Å². The first-order chi connectivity index (χ1) is 10.8. The van der Waals surface area contributed by atoms with Crippen LogP contribution in [-0.4, -0.2) is 27.6 Å². The van der Waals surface area contributed by atoms with Crippen molar-refractivity contribution in [3.63, 3.8) is 0 Å². The Bertz CT molecular complexity index is 768. The van der Waals surface area contributed by atoms with Gasteiger partial charge in [-0.2, -0.15) is 0 Å². The zero-order chi connectivity index (χ0) is 15.4. The molecule has 0 radical (unpaired) electrons. The summed E-state index contributed by atoms with van der Waals surface area (Å²) in [6.45, 7) is 2.13. The topological polar surface area (TPSA) is 57.0 Å². The molecule has 0 fully saturated rings. The van der Waals surface area contributed by atoms with Crippen molar-refractivity contribution in [2.75, 3.05) is 6.61 Å². The molecule has 0 saturated heterocycles. The largest absolute Gasteiger partial charge is 0.462 e. The van der Waals surface area contributed by atoms with Gasteiger partial charge in [0.05, 0.1) is 30.3 Å². The van der Waals surface area contributed by atoms with Crippen molar-refractivity contribution in [2.45, 2.75) is 6.92 Å². The molecule has 3 aromatic rings. The maximum Gasteiger partial charge on any atom is 0.338 e. The van der Waals surface area contributed by atoms with Gasteiger partial charge in [-0.15, -0.1) is 5.10 Å². The predicted molar refractivity (Wildman–Crippen MR) is 82.8 cm³/mol. The van der Waals surface area contributed by atoms with Crippen LogP contribution in [-0.2, 0) is 4.74 Å². The fourth-order valence-electron chi connectivity index (χ4n) is 2.26. The minimum absolute atomic E-state index is 0.344. The highest BCUT2D eigenvalue weighted by atomic mass is 16.5. The minimum atomic E-state index is -0.344. The summed E-state index contributed by atoms with van der Waals surface area (Å²) in [5, 5.41) is 7.87. The van der Waals surface area contributed by atoms with E-state index in [-0.39, 0.29) is 5.97 Å². The van der Waals surface area contributed by atoms with E-state index in [0.717, 1.165) is 16.8 Å². The molecule has 0 aliphatic rings. The summed E-state index contributed by atoms with van der Waals surface area (Å²) in [4.78, 5) is 11.9. The number of nitrogens with zero attached hydrogens (tertiary/aromatic N) is 3. The molecule has 0 bridgehead atoms. The molecule has 2 aromatic carbocycles. The van der Waals surface area contributed by atoms with Gasteiger partial charge in [-0.3, -0.25) is 0 Å². The third kappa shape index (κ3) is 2.74. The van der Waals surface area contributed by atoms with E-state index in [0.29, 0.717) is 12.2 Å². The third-order valence-corrected chi connectivity index (χ3v) is 3.26. The van der Waals surface area contributed by atoms with Gasteiger partial charge >= 0.3 is 5.97 Å². The SMILES string of the molecule is CCOC(=O)c1ccc(-c2ccccc2)c(-n2ccnn2)c1. The molecule has 0 unspecified atom stereocenters. The monoisotopic (exact) mass is 293 g/mol. The molecule has 0 amide bonds. The average molecular weight is 293 g/mol. The minimum Gasteiger partial charge on any atom is -0.462 e. The summed E-state index contributed by atoms with van der Waals surface area (Å²) >= 11 is 0. The molecular formula is C17H15N3O2. The van der Waals surface area contributed by atoms with Crippen LogP contribution < -0.4 is 0 Å². The van der Waals surface area contributed by atoms with E-state index in [1.54, 1.807) is 36.1 Å². The van der Waals surface area contributed by atoms with Gasteiger partial charge in [0, 0.05) is 5.56 Å². The lowest BCUT2D eigenvalue weighted by Gasteiger charge is -2.11. The van der Waals surface area contributed by atoms with Crippen molar-refractivity contribution < 1.29 is 9.53 Å². The van der Waals surface area contributed by atoms with Crippen LogP contribution in [0, 0.1) is 0 Å². The van der Waals surface area contributed by atoms with E-state index in [9.17, 15) is 4.79 Å². The second-order valence-corrected chi connectivity index (χ2v) is 4.67. The van der Waals surface area contributed by atoms with E-state index in [2.05, 4.69) is 10.3 Å². The highest BCUT2D eigenvalue weighted by molar-refractivity contribution is 5.91. The quantitative estimate of drug-likeness (QED) is 0.694. The van der Waals surface area contributed by atoms with Gasteiger partial charge in [0.25, 0.3) is 0 Å². The maximum atomic E-state index is 11.9. The Labute approximate surface area is 128 Å². The molecular weight excluding hydrogens is 278 g/mol. The second kappa shape index (κ2) is 6.22. The number of carbonyl (C=O) groups is 1. The Kier molecular flexibility index (Phi) is 3.96. The molecule has 0 atom stereocenters. The number of rotatable bonds is 4. The standard InChI is InChI=1S/C17H15N3O2/c1-2-22-17(21)14-8-9-15(13-6-4-3-5-7-13)16(12-14)20-11-10-18-19-20/h3-12H,2H2,1H3. The van der Waals surface area contributed by atoms with E-state index in [4.69, 9.17) is 4.74 Å². The van der Waals surface area contributed by atoms with Gasteiger partial charge in [0.1, 0.15) is 0 Å². The Morgan fingerprint density at radius 3 is 2.68 bits per heavy atom. The molecule has 1 heterocycles. The number of hydrogen-bond donors (Lipinski definition) is 0. The number of ether oxygens (including phenoxy) is 1. The highest BCUT2D eigenvalue weighted by Crippen LogP contribution is 2.27. The smallest absolute Gasteiger partial charge is 0.338 e. The van der Waals surface area contributed by atoms with Crippen molar-refractivity contribution in [3.05, 3.63) is 66.5 Å². The van der Waals surface area contributed by atoms with Gasteiger partial charge < -0.3 is 4.74 Å². The first-order valence-corrected chi connectivity index (χ1v) is 7.03. The fourth-order valence-corrected chi connectivity index (χ4v) is 2.26. The Hall–Kier alpha value is -2.95. The van der Waals surface area contributed by atoms with Crippen molar-refractivity contribution in [2.24, 2.45) is 0 Å². The van der Waals surface area contributed by atoms with Gasteiger partial charge in [0.15, 0.2) is 0 Å². The number of hydrogen-bond acceptors (Lipinski definition) is 4. The van der Waals surface area contributed by atoms with Crippen molar-refractivity contribution >= 4 is 5.97 Å².